The molecule has 0 atom stereocenters. The van der Waals surface area contributed by atoms with E-state index in [9.17, 15) is 4.79 Å². The van der Waals surface area contributed by atoms with Gasteiger partial charge in [-0.3, -0.25) is 9.69 Å². The Morgan fingerprint density at radius 1 is 1.13 bits per heavy atom. The van der Waals surface area contributed by atoms with Crippen LogP contribution in [-0.4, -0.2) is 36.5 Å². The van der Waals surface area contributed by atoms with Crippen LogP contribution in [0, 0.1) is 0 Å². The predicted octanol–water partition coefficient (Wildman–Crippen LogP) is 2.71. The molecular formula is C18H30ClN3O. The van der Waals surface area contributed by atoms with Gasteiger partial charge in [0.15, 0.2) is 0 Å². The van der Waals surface area contributed by atoms with Gasteiger partial charge in [0.05, 0.1) is 6.54 Å². The van der Waals surface area contributed by atoms with Crippen molar-refractivity contribution in [3.8, 4) is 0 Å². The summed E-state index contributed by atoms with van der Waals surface area (Å²) in [6, 6.07) is 10.6. The van der Waals surface area contributed by atoms with Crippen LogP contribution in [0.1, 0.15) is 44.1 Å². The molecule has 1 aromatic rings. The van der Waals surface area contributed by atoms with Gasteiger partial charge in [-0.1, -0.05) is 56.0 Å². The van der Waals surface area contributed by atoms with Gasteiger partial charge < -0.3 is 11.1 Å². The van der Waals surface area contributed by atoms with Gasteiger partial charge in [-0.2, -0.15) is 0 Å². The largest absolute Gasteiger partial charge is 0.352 e. The molecule has 130 valence electrons. The Kier molecular flexibility index (Phi) is 9.92. The lowest BCUT2D eigenvalue weighted by Crippen LogP contribution is -2.43. The Bertz CT molecular complexity index is 433. The zero-order valence-electron chi connectivity index (χ0n) is 13.9. The molecule has 0 spiro atoms. The van der Waals surface area contributed by atoms with E-state index in [4.69, 9.17) is 5.73 Å². The zero-order valence-corrected chi connectivity index (χ0v) is 14.7. The molecule has 0 saturated heterocycles. The molecule has 23 heavy (non-hydrogen) atoms. The second-order valence-corrected chi connectivity index (χ2v) is 6.24. The lowest BCUT2D eigenvalue weighted by molar-refractivity contribution is -0.123. The lowest BCUT2D eigenvalue weighted by Gasteiger charge is -2.23. The number of nitrogens with one attached hydrogen (secondary N) is 1. The fourth-order valence-electron chi connectivity index (χ4n) is 3.14. The van der Waals surface area contributed by atoms with Crippen molar-refractivity contribution in [1.29, 1.82) is 0 Å². The molecule has 5 heteroatoms. The van der Waals surface area contributed by atoms with Crippen LogP contribution in [0.5, 0.6) is 0 Å². The number of nitrogens with zero attached hydrogens (tertiary/aromatic N) is 1. The minimum absolute atomic E-state index is 0. The molecule has 1 amide bonds. The zero-order chi connectivity index (χ0) is 15.6. The third kappa shape index (κ3) is 7.82. The van der Waals surface area contributed by atoms with E-state index in [0.717, 1.165) is 25.9 Å². The van der Waals surface area contributed by atoms with E-state index in [-0.39, 0.29) is 18.3 Å². The van der Waals surface area contributed by atoms with Crippen molar-refractivity contribution in [3.05, 3.63) is 35.9 Å². The third-order valence-electron chi connectivity index (χ3n) is 4.28. The van der Waals surface area contributed by atoms with Crippen LogP contribution < -0.4 is 11.1 Å². The molecule has 2 rings (SSSR count). The third-order valence-corrected chi connectivity index (χ3v) is 4.28. The van der Waals surface area contributed by atoms with Crippen molar-refractivity contribution in [2.45, 2.75) is 51.1 Å². The normalized spacial score (nSPS) is 15.7. The molecular weight excluding hydrogens is 310 g/mol. The fraction of sp³-hybridized carbons (Fsp3) is 0.611. The molecule has 0 heterocycles. The molecule has 1 aliphatic carbocycles. The van der Waals surface area contributed by atoms with E-state index in [1.807, 2.05) is 18.2 Å². The van der Waals surface area contributed by atoms with E-state index in [1.165, 1.54) is 31.2 Å². The fourth-order valence-corrected chi connectivity index (χ4v) is 3.14. The Balaban J connectivity index is 0.00000264. The number of rotatable bonds is 7. The van der Waals surface area contributed by atoms with Gasteiger partial charge >= 0.3 is 0 Å². The van der Waals surface area contributed by atoms with Crippen LogP contribution in [0.3, 0.4) is 0 Å². The summed E-state index contributed by atoms with van der Waals surface area (Å²) < 4.78 is 0. The van der Waals surface area contributed by atoms with E-state index in [1.54, 1.807) is 0 Å². The van der Waals surface area contributed by atoms with Gasteiger partial charge in [-0.25, -0.2) is 0 Å². The molecule has 0 unspecified atom stereocenters. The molecule has 0 aliphatic heterocycles. The second kappa shape index (κ2) is 11.4. The Morgan fingerprint density at radius 2 is 1.78 bits per heavy atom. The number of carbonyl (C=O) groups excluding carboxylic acids is 1. The monoisotopic (exact) mass is 339 g/mol. The minimum Gasteiger partial charge on any atom is -0.352 e. The topological polar surface area (TPSA) is 58.4 Å². The van der Waals surface area contributed by atoms with Gasteiger partial charge in [-0.15, -0.1) is 12.4 Å². The van der Waals surface area contributed by atoms with E-state index < -0.39 is 0 Å². The Labute approximate surface area is 146 Å². The second-order valence-electron chi connectivity index (χ2n) is 6.24. The summed E-state index contributed by atoms with van der Waals surface area (Å²) in [5, 5.41) is 3.21. The highest BCUT2D eigenvalue weighted by molar-refractivity contribution is 5.85. The first kappa shape index (κ1) is 19.9. The van der Waals surface area contributed by atoms with Crippen molar-refractivity contribution in [1.82, 2.24) is 10.2 Å². The number of hydrogen-bond acceptors (Lipinski definition) is 3. The molecule has 3 N–H and O–H groups in total. The minimum atomic E-state index is 0. The summed E-state index contributed by atoms with van der Waals surface area (Å²) in [6.07, 6.45) is 7.34. The number of nitrogens with two attached hydrogens (primary N) is 1. The van der Waals surface area contributed by atoms with Crippen molar-refractivity contribution < 1.29 is 4.79 Å². The molecule has 1 aromatic carbocycles. The number of carbonyl (C=O) groups is 1. The summed E-state index contributed by atoms with van der Waals surface area (Å²) in [5.74, 6) is 0.135. The van der Waals surface area contributed by atoms with Gasteiger partial charge in [0.1, 0.15) is 0 Å². The predicted molar refractivity (Wildman–Crippen MR) is 97.7 cm³/mol. The smallest absolute Gasteiger partial charge is 0.234 e. The summed E-state index contributed by atoms with van der Waals surface area (Å²) >= 11 is 0. The summed E-state index contributed by atoms with van der Waals surface area (Å²) in [7, 11) is 0. The molecule has 0 radical (unpaired) electrons. The summed E-state index contributed by atoms with van der Waals surface area (Å²) in [5.41, 5.74) is 6.91. The van der Waals surface area contributed by atoms with E-state index in [0.29, 0.717) is 19.1 Å². The summed E-state index contributed by atoms with van der Waals surface area (Å²) in [4.78, 5) is 14.4. The van der Waals surface area contributed by atoms with Crippen LogP contribution in [0.2, 0.25) is 0 Å². The molecule has 0 bridgehead atoms. The van der Waals surface area contributed by atoms with Crippen molar-refractivity contribution in [2.24, 2.45) is 5.73 Å². The maximum Gasteiger partial charge on any atom is 0.234 e. The number of amides is 1. The van der Waals surface area contributed by atoms with Crippen LogP contribution in [0.4, 0.5) is 0 Å². The molecule has 1 aliphatic rings. The SMILES string of the molecule is Cl.NCCN(CC(=O)NC1CCCCCC1)Cc1ccccc1. The number of halogens is 1. The number of hydrogen-bond donors (Lipinski definition) is 2. The first-order chi connectivity index (χ1) is 10.8. The highest BCUT2D eigenvalue weighted by atomic mass is 35.5. The van der Waals surface area contributed by atoms with Crippen LogP contribution in [-0.2, 0) is 11.3 Å². The maximum atomic E-state index is 12.3. The first-order valence-electron chi connectivity index (χ1n) is 8.53. The van der Waals surface area contributed by atoms with Gasteiger partial charge in [0.25, 0.3) is 0 Å². The van der Waals surface area contributed by atoms with E-state index in [2.05, 4.69) is 22.3 Å². The lowest BCUT2D eigenvalue weighted by atomic mass is 10.1. The Morgan fingerprint density at radius 3 is 2.39 bits per heavy atom. The quantitative estimate of drug-likeness (QED) is 0.751. The van der Waals surface area contributed by atoms with Crippen LogP contribution >= 0.6 is 12.4 Å². The average Bonchev–Trinajstić information content (AvgIpc) is 2.77. The summed E-state index contributed by atoms with van der Waals surface area (Å²) in [6.45, 7) is 2.52. The first-order valence-corrected chi connectivity index (χ1v) is 8.53. The van der Waals surface area contributed by atoms with Crippen molar-refractivity contribution >= 4 is 18.3 Å². The van der Waals surface area contributed by atoms with Crippen LogP contribution in [0.15, 0.2) is 30.3 Å². The van der Waals surface area contributed by atoms with Crippen molar-refractivity contribution in [2.75, 3.05) is 19.6 Å². The molecule has 1 fully saturated rings. The highest BCUT2D eigenvalue weighted by Crippen LogP contribution is 2.17. The highest BCUT2D eigenvalue weighted by Gasteiger charge is 2.16. The van der Waals surface area contributed by atoms with Gasteiger partial charge in [-0.05, 0) is 18.4 Å². The standard InChI is InChI=1S/C18H29N3O.ClH/c19-12-13-21(14-16-8-4-3-5-9-16)15-18(22)20-17-10-6-1-2-7-11-17;/h3-5,8-9,17H,1-2,6-7,10-15,19H2,(H,20,22);1H. The average molecular weight is 340 g/mol. The van der Waals surface area contributed by atoms with Crippen molar-refractivity contribution in [3.63, 3.8) is 0 Å². The maximum absolute atomic E-state index is 12.3. The molecule has 0 aromatic heterocycles. The molecule has 4 nitrogen and oxygen atoms in total. The number of benzene rings is 1. The molecule has 1 saturated carbocycles. The van der Waals surface area contributed by atoms with Gasteiger partial charge in [0.2, 0.25) is 5.91 Å². The van der Waals surface area contributed by atoms with E-state index >= 15 is 0 Å². The van der Waals surface area contributed by atoms with Crippen LogP contribution in [0.25, 0.3) is 0 Å². The Hall–Kier alpha value is -1.10. The van der Waals surface area contributed by atoms with Gasteiger partial charge in [0, 0.05) is 25.7 Å².